The number of nitrogens with one attached hydrogen (secondary N) is 1. The van der Waals surface area contributed by atoms with Gasteiger partial charge in [-0.25, -0.2) is 9.59 Å². The summed E-state index contributed by atoms with van der Waals surface area (Å²) in [5.74, 6) is -0.809. The molecule has 0 aliphatic carbocycles. The predicted molar refractivity (Wildman–Crippen MR) is 105 cm³/mol. The molecule has 0 bridgehead atoms. The third kappa shape index (κ3) is 4.49. The van der Waals surface area contributed by atoms with Gasteiger partial charge in [0.15, 0.2) is 6.61 Å². The minimum atomic E-state index is -0.615. The highest BCUT2D eigenvalue weighted by atomic mass is 16.5. The molecule has 0 radical (unpaired) electrons. The average Bonchev–Trinajstić information content (AvgIpc) is 2.70. The van der Waals surface area contributed by atoms with Crippen molar-refractivity contribution in [2.24, 2.45) is 5.73 Å². The number of nitrogens with zero attached hydrogens (tertiary/aromatic N) is 1. The Hall–Kier alpha value is -3.35. The molecule has 3 N–H and O–H groups in total. The zero-order chi connectivity index (χ0) is 20.1. The zero-order valence-electron chi connectivity index (χ0n) is 15.7. The van der Waals surface area contributed by atoms with Crippen molar-refractivity contribution >= 4 is 23.6 Å². The van der Waals surface area contributed by atoms with E-state index in [9.17, 15) is 14.4 Å². The lowest BCUT2D eigenvalue weighted by Crippen LogP contribution is -2.44. The van der Waals surface area contributed by atoms with Gasteiger partial charge >= 0.3 is 12.0 Å². The molecule has 1 aliphatic rings. The van der Waals surface area contributed by atoms with E-state index in [1.165, 1.54) is 0 Å². The Balaban J connectivity index is 1.60. The van der Waals surface area contributed by atoms with Gasteiger partial charge in [-0.2, -0.15) is 0 Å². The molecule has 7 nitrogen and oxygen atoms in total. The van der Waals surface area contributed by atoms with E-state index in [1.54, 1.807) is 29.2 Å². The molecule has 7 heteroatoms. The second-order valence-corrected chi connectivity index (χ2v) is 6.77. The van der Waals surface area contributed by atoms with Crippen LogP contribution in [0.1, 0.15) is 34.8 Å². The first kappa shape index (κ1) is 19.4. The van der Waals surface area contributed by atoms with Gasteiger partial charge in [-0.3, -0.25) is 4.79 Å². The lowest BCUT2D eigenvalue weighted by Gasteiger charge is -2.35. The number of nitrogens with two attached hydrogens (primary N) is 1. The number of esters is 1. The number of para-hydroxylation sites is 1. The highest BCUT2D eigenvalue weighted by Crippen LogP contribution is 2.30. The lowest BCUT2D eigenvalue weighted by atomic mass is 9.96. The number of rotatable bonds is 5. The highest BCUT2D eigenvalue weighted by Gasteiger charge is 2.28. The number of urea groups is 1. The van der Waals surface area contributed by atoms with E-state index in [4.69, 9.17) is 10.5 Å². The van der Waals surface area contributed by atoms with Crippen LogP contribution in [-0.2, 0) is 22.5 Å². The molecule has 0 saturated heterocycles. The van der Waals surface area contributed by atoms with E-state index in [0.29, 0.717) is 5.56 Å². The predicted octanol–water partition coefficient (Wildman–Crippen LogP) is 2.38. The van der Waals surface area contributed by atoms with Crippen LogP contribution >= 0.6 is 0 Å². The molecule has 3 amide bonds. The Morgan fingerprint density at radius 1 is 1.14 bits per heavy atom. The summed E-state index contributed by atoms with van der Waals surface area (Å²) in [6.07, 6.45) is 1.80. The highest BCUT2D eigenvalue weighted by molar-refractivity contribution is 5.98. The van der Waals surface area contributed by atoms with E-state index < -0.39 is 12.0 Å². The minimum absolute atomic E-state index is 0.0538. The molecule has 0 fully saturated rings. The van der Waals surface area contributed by atoms with Crippen LogP contribution < -0.4 is 16.0 Å². The average molecular weight is 381 g/mol. The van der Waals surface area contributed by atoms with Gasteiger partial charge in [0.05, 0.1) is 5.56 Å². The summed E-state index contributed by atoms with van der Waals surface area (Å²) < 4.78 is 5.22. The fourth-order valence-corrected chi connectivity index (χ4v) is 3.30. The van der Waals surface area contributed by atoms with Crippen LogP contribution in [0.15, 0.2) is 48.5 Å². The van der Waals surface area contributed by atoms with Gasteiger partial charge in [0.25, 0.3) is 5.91 Å². The molecule has 146 valence electrons. The van der Waals surface area contributed by atoms with E-state index in [0.717, 1.165) is 29.7 Å². The molecule has 2 aromatic rings. The Kier molecular flexibility index (Phi) is 5.93. The van der Waals surface area contributed by atoms with Crippen LogP contribution in [0, 0.1) is 0 Å². The number of benzene rings is 2. The summed E-state index contributed by atoms with van der Waals surface area (Å²) in [4.78, 5) is 37.4. The van der Waals surface area contributed by atoms with E-state index in [1.807, 2.05) is 31.2 Å². The molecule has 1 heterocycles. The van der Waals surface area contributed by atoms with Gasteiger partial charge in [-0.1, -0.05) is 30.3 Å². The number of aryl methyl sites for hydroxylation is 1. The topological polar surface area (TPSA) is 102 Å². The Morgan fingerprint density at radius 2 is 1.86 bits per heavy atom. The summed E-state index contributed by atoms with van der Waals surface area (Å²) >= 11 is 0. The summed E-state index contributed by atoms with van der Waals surface area (Å²) in [7, 11) is 0. The van der Waals surface area contributed by atoms with Crippen molar-refractivity contribution < 1.29 is 19.1 Å². The first-order valence-electron chi connectivity index (χ1n) is 9.15. The van der Waals surface area contributed by atoms with E-state index >= 15 is 0 Å². The fraction of sp³-hybridized carbons (Fsp3) is 0.286. The third-order valence-corrected chi connectivity index (χ3v) is 4.78. The number of primary amides is 1. The zero-order valence-corrected chi connectivity index (χ0v) is 15.7. The van der Waals surface area contributed by atoms with Crippen molar-refractivity contribution in [1.82, 2.24) is 5.32 Å². The van der Waals surface area contributed by atoms with E-state index in [-0.39, 0.29) is 25.1 Å². The van der Waals surface area contributed by atoms with Crippen molar-refractivity contribution in [3.63, 3.8) is 0 Å². The number of hydrogen-bond acceptors (Lipinski definition) is 4. The number of fused-ring (bicyclic) bond motifs is 1. The number of ether oxygens (including phenoxy) is 1. The van der Waals surface area contributed by atoms with Crippen molar-refractivity contribution in [2.75, 3.05) is 11.5 Å². The number of amides is 3. The Bertz CT molecular complexity index is 879. The molecule has 1 atom stereocenters. The van der Waals surface area contributed by atoms with Crippen LogP contribution in [0.3, 0.4) is 0 Å². The maximum absolute atomic E-state index is 12.7. The quantitative estimate of drug-likeness (QED) is 0.776. The van der Waals surface area contributed by atoms with Crippen LogP contribution in [0.4, 0.5) is 10.5 Å². The van der Waals surface area contributed by atoms with Gasteiger partial charge in [0.1, 0.15) is 0 Å². The monoisotopic (exact) mass is 381 g/mol. The maximum atomic E-state index is 12.7. The van der Waals surface area contributed by atoms with Gasteiger partial charge in [0, 0.05) is 18.3 Å². The Morgan fingerprint density at radius 3 is 2.57 bits per heavy atom. The first-order valence-corrected chi connectivity index (χ1v) is 9.15. The number of carbonyl (C=O) groups is 3. The van der Waals surface area contributed by atoms with Crippen molar-refractivity contribution in [2.45, 2.75) is 32.4 Å². The van der Waals surface area contributed by atoms with Gasteiger partial charge in [-0.05, 0) is 49.1 Å². The summed E-state index contributed by atoms with van der Waals surface area (Å²) in [6.45, 7) is 1.95. The first-order chi connectivity index (χ1) is 13.5. The van der Waals surface area contributed by atoms with Crippen LogP contribution in [0.5, 0.6) is 0 Å². The Labute approximate surface area is 163 Å². The number of hydrogen-bond donors (Lipinski definition) is 2. The van der Waals surface area contributed by atoms with Crippen LogP contribution in [0.25, 0.3) is 0 Å². The standard InChI is InChI=1S/C21H23N3O4/c1-14-6-9-16-4-2-3-5-18(16)24(14)19(25)13-28-20(26)17-10-7-15(8-11-17)12-23-21(22)27/h2-5,7-8,10-11,14H,6,9,12-13H2,1H3,(H3,22,23,27). The van der Waals surface area contributed by atoms with Gasteiger partial charge < -0.3 is 20.7 Å². The van der Waals surface area contributed by atoms with Gasteiger partial charge in [-0.15, -0.1) is 0 Å². The molecule has 1 unspecified atom stereocenters. The minimum Gasteiger partial charge on any atom is -0.452 e. The van der Waals surface area contributed by atoms with Crippen molar-refractivity contribution in [1.29, 1.82) is 0 Å². The number of carbonyl (C=O) groups excluding carboxylic acids is 3. The molecule has 2 aromatic carbocycles. The summed E-state index contributed by atoms with van der Waals surface area (Å²) in [6, 6.07) is 13.8. The molecular weight excluding hydrogens is 358 g/mol. The summed E-state index contributed by atoms with van der Waals surface area (Å²) in [5, 5.41) is 2.47. The van der Waals surface area contributed by atoms with Crippen molar-refractivity contribution in [3.8, 4) is 0 Å². The molecule has 0 aromatic heterocycles. The van der Waals surface area contributed by atoms with Crippen LogP contribution in [-0.4, -0.2) is 30.6 Å². The second-order valence-electron chi connectivity index (χ2n) is 6.77. The van der Waals surface area contributed by atoms with E-state index in [2.05, 4.69) is 5.32 Å². The smallest absolute Gasteiger partial charge is 0.338 e. The van der Waals surface area contributed by atoms with Gasteiger partial charge in [0.2, 0.25) is 0 Å². The number of anilines is 1. The molecule has 3 rings (SSSR count). The fourth-order valence-electron chi connectivity index (χ4n) is 3.30. The van der Waals surface area contributed by atoms with Crippen LogP contribution in [0.2, 0.25) is 0 Å². The second kappa shape index (κ2) is 8.56. The van der Waals surface area contributed by atoms with Crippen molar-refractivity contribution in [3.05, 3.63) is 65.2 Å². The molecule has 28 heavy (non-hydrogen) atoms. The molecule has 1 aliphatic heterocycles. The largest absolute Gasteiger partial charge is 0.452 e. The SMILES string of the molecule is CC1CCc2ccccc2N1C(=O)COC(=O)c1ccc(CNC(N)=O)cc1. The maximum Gasteiger partial charge on any atom is 0.338 e. The molecule has 0 spiro atoms. The normalized spacial score (nSPS) is 15.5. The lowest BCUT2D eigenvalue weighted by molar-refractivity contribution is -0.122. The summed E-state index contributed by atoms with van der Waals surface area (Å²) in [5.41, 5.74) is 8.17. The third-order valence-electron chi connectivity index (χ3n) is 4.78. The molecule has 0 saturated carbocycles. The molecular formula is C21H23N3O4.